The minimum atomic E-state index is -0.760. The normalized spacial score (nSPS) is 9.88. The number of benzene rings is 3. The van der Waals surface area contributed by atoms with E-state index in [1.54, 1.807) is 6.92 Å². The maximum Gasteiger partial charge on any atom is 0.149 e. The molecule has 0 heterocycles. The summed E-state index contributed by atoms with van der Waals surface area (Å²) in [6.07, 6.45) is 0. The smallest absolute Gasteiger partial charge is 0.149 e. The highest BCUT2D eigenvalue weighted by Gasteiger charge is 2.40. The van der Waals surface area contributed by atoms with Crippen LogP contribution >= 0.6 is 0 Å². The molecule has 0 bridgehead atoms. The molecule has 0 aromatic heterocycles. The topological polar surface area (TPSA) is 17.1 Å². The molecule has 0 aliphatic carbocycles. The summed E-state index contributed by atoms with van der Waals surface area (Å²) in [5.41, 5.74) is 2.24. The molecule has 136 valence electrons. The van der Waals surface area contributed by atoms with E-state index in [0.717, 1.165) is 16.7 Å². The van der Waals surface area contributed by atoms with Crippen LogP contribution in [0, 0.1) is 0 Å². The molecule has 0 aliphatic heterocycles. The predicted molar refractivity (Wildman–Crippen MR) is 113 cm³/mol. The lowest BCUT2D eigenvalue weighted by Crippen LogP contribution is -2.36. The first-order valence-electron chi connectivity index (χ1n) is 9.44. The quantitative estimate of drug-likeness (QED) is 0.483. The van der Waals surface area contributed by atoms with E-state index in [-0.39, 0.29) is 5.78 Å². The average molecular weight is 347 g/mol. The molecule has 0 aliphatic rings. The number of ketones is 1. The fourth-order valence-electron chi connectivity index (χ4n) is 3.17. The van der Waals surface area contributed by atoms with E-state index >= 15 is 0 Å². The van der Waals surface area contributed by atoms with E-state index in [1.165, 1.54) is 0 Å². The molecule has 26 heavy (non-hydrogen) atoms. The van der Waals surface area contributed by atoms with E-state index in [4.69, 9.17) is 0 Å². The number of carbonyl (C=O) groups is 1. The molecule has 3 rings (SSSR count). The number of carbonyl (C=O) groups excluding carboxylic acids is 1. The zero-order valence-corrected chi connectivity index (χ0v) is 16.6. The van der Waals surface area contributed by atoms with Crippen molar-refractivity contribution in [2.45, 2.75) is 40.0 Å². The van der Waals surface area contributed by atoms with E-state index in [9.17, 15) is 4.79 Å². The van der Waals surface area contributed by atoms with Crippen LogP contribution in [0.1, 0.15) is 51.3 Å². The number of hydrogen-bond donors (Lipinski definition) is 0. The van der Waals surface area contributed by atoms with Gasteiger partial charge >= 0.3 is 0 Å². The average Bonchev–Trinajstić information content (AvgIpc) is 2.74. The van der Waals surface area contributed by atoms with Gasteiger partial charge in [-0.25, -0.2) is 0 Å². The zero-order valence-electron chi connectivity index (χ0n) is 16.6. The molecule has 0 fully saturated rings. The van der Waals surface area contributed by atoms with Gasteiger partial charge in [-0.3, -0.25) is 4.79 Å². The van der Waals surface area contributed by atoms with E-state index in [1.807, 2.05) is 119 Å². The first-order valence-corrected chi connectivity index (χ1v) is 9.44. The number of Topliss-reactive ketones (excluding diaryl/α,β-unsaturated/α-hetero) is 1. The van der Waals surface area contributed by atoms with Crippen LogP contribution in [0.3, 0.4) is 0 Å². The summed E-state index contributed by atoms with van der Waals surface area (Å²) < 4.78 is 0. The summed E-state index contributed by atoms with van der Waals surface area (Å²) in [5, 5.41) is 0. The molecule has 0 saturated carbocycles. The summed E-state index contributed by atoms with van der Waals surface area (Å²) in [4.78, 5) is 12.9. The first-order chi connectivity index (χ1) is 12.8. The van der Waals surface area contributed by atoms with Crippen molar-refractivity contribution in [3.8, 4) is 0 Å². The van der Waals surface area contributed by atoms with Crippen molar-refractivity contribution in [3.63, 3.8) is 0 Å². The van der Waals surface area contributed by atoms with Crippen molar-refractivity contribution >= 4 is 5.78 Å². The Morgan fingerprint density at radius 2 is 0.769 bits per heavy atom. The Kier molecular flexibility index (Phi) is 9.08. The molecule has 0 amide bonds. The molecule has 0 saturated heterocycles. The molecule has 1 heteroatoms. The summed E-state index contributed by atoms with van der Waals surface area (Å²) in [6.45, 7) is 9.67. The number of rotatable bonds is 4. The van der Waals surface area contributed by atoms with Gasteiger partial charge in [0.15, 0.2) is 0 Å². The van der Waals surface area contributed by atoms with Gasteiger partial charge in [-0.2, -0.15) is 0 Å². The lowest BCUT2D eigenvalue weighted by Gasteiger charge is -2.33. The molecule has 0 N–H and O–H groups in total. The van der Waals surface area contributed by atoms with Crippen molar-refractivity contribution in [2.24, 2.45) is 0 Å². The third-order valence-corrected chi connectivity index (χ3v) is 4.15. The van der Waals surface area contributed by atoms with Gasteiger partial charge < -0.3 is 0 Å². The second kappa shape index (κ2) is 11.0. The second-order valence-electron chi connectivity index (χ2n) is 5.40. The van der Waals surface area contributed by atoms with Crippen LogP contribution in [0.15, 0.2) is 91.0 Å². The standard InChI is InChI=1S/C21H18O.2C2H6/c1-17(22)21(18-11-5-2-6-12-18,19-13-7-3-8-14-19)20-15-9-4-10-16-20;2*1-2/h2-16H,1H3;2*1-2H3. The van der Waals surface area contributed by atoms with Crippen molar-refractivity contribution < 1.29 is 4.79 Å². The van der Waals surface area contributed by atoms with Crippen LogP contribution in [-0.2, 0) is 10.2 Å². The highest BCUT2D eigenvalue weighted by Crippen LogP contribution is 2.39. The van der Waals surface area contributed by atoms with Gasteiger partial charge in [-0.15, -0.1) is 0 Å². The zero-order chi connectivity index (χ0) is 19.4. The van der Waals surface area contributed by atoms with Crippen LogP contribution in [0.25, 0.3) is 0 Å². The van der Waals surface area contributed by atoms with Gasteiger partial charge in [-0.1, -0.05) is 119 Å². The van der Waals surface area contributed by atoms with Crippen LogP contribution in [0.5, 0.6) is 0 Å². The van der Waals surface area contributed by atoms with Crippen molar-refractivity contribution in [3.05, 3.63) is 108 Å². The van der Waals surface area contributed by atoms with Crippen molar-refractivity contribution in [2.75, 3.05) is 0 Å². The predicted octanol–water partition coefficient (Wildman–Crippen LogP) is 6.66. The van der Waals surface area contributed by atoms with Crippen LogP contribution in [-0.4, -0.2) is 5.78 Å². The van der Waals surface area contributed by atoms with Gasteiger partial charge in [-0.05, 0) is 23.6 Å². The van der Waals surface area contributed by atoms with E-state index in [2.05, 4.69) is 0 Å². The Balaban J connectivity index is 0.000000791. The maximum atomic E-state index is 12.9. The monoisotopic (exact) mass is 346 g/mol. The highest BCUT2D eigenvalue weighted by molar-refractivity contribution is 5.96. The van der Waals surface area contributed by atoms with Crippen LogP contribution in [0.4, 0.5) is 0 Å². The minimum Gasteiger partial charge on any atom is -0.298 e. The summed E-state index contributed by atoms with van der Waals surface area (Å²) in [6, 6.07) is 30.0. The fourth-order valence-corrected chi connectivity index (χ4v) is 3.17. The van der Waals surface area contributed by atoms with Gasteiger partial charge in [0.25, 0.3) is 0 Å². The third kappa shape index (κ3) is 4.29. The fraction of sp³-hybridized carbons (Fsp3) is 0.240. The molecular formula is C25H30O. The third-order valence-electron chi connectivity index (χ3n) is 4.15. The molecule has 3 aromatic rings. The Hall–Kier alpha value is -2.67. The summed E-state index contributed by atoms with van der Waals surface area (Å²) in [5.74, 6) is 0.121. The molecule has 0 atom stereocenters. The highest BCUT2D eigenvalue weighted by atomic mass is 16.1. The molecule has 1 nitrogen and oxygen atoms in total. The van der Waals surface area contributed by atoms with Crippen molar-refractivity contribution in [1.82, 2.24) is 0 Å². The molecule has 0 radical (unpaired) electrons. The van der Waals surface area contributed by atoms with Gasteiger partial charge in [0.2, 0.25) is 0 Å². The van der Waals surface area contributed by atoms with Crippen LogP contribution in [0.2, 0.25) is 0 Å². The second-order valence-corrected chi connectivity index (χ2v) is 5.40. The molecular weight excluding hydrogens is 316 g/mol. The van der Waals surface area contributed by atoms with Gasteiger partial charge in [0.05, 0.1) is 0 Å². The lowest BCUT2D eigenvalue weighted by molar-refractivity contribution is -0.119. The summed E-state index contributed by atoms with van der Waals surface area (Å²) in [7, 11) is 0. The van der Waals surface area contributed by atoms with E-state index < -0.39 is 5.41 Å². The molecule has 3 aromatic carbocycles. The van der Waals surface area contributed by atoms with Gasteiger partial charge in [0, 0.05) is 0 Å². The molecule has 0 spiro atoms. The van der Waals surface area contributed by atoms with E-state index in [0.29, 0.717) is 0 Å². The lowest BCUT2D eigenvalue weighted by atomic mass is 9.67. The maximum absolute atomic E-state index is 12.9. The Morgan fingerprint density at radius 1 is 0.538 bits per heavy atom. The SMILES string of the molecule is CC.CC.CC(=O)C(c1ccccc1)(c1ccccc1)c1ccccc1. The summed E-state index contributed by atoms with van der Waals surface area (Å²) >= 11 is 0. The van der Waals surface area contributed by atoms with Crippen molar-refractivity contribution in [1.29, 1.82) is 0 Å². The molecule has 0 unspecified atom stereocenters. The largest absolute Gasteiger partial charge is 0.298 e. The Labute approximate surface area is 158 Å². The first kappa shape index (κ1) is 21.4. The minimum absolute atomic E-state index is 0.121. The van der Waals surface area contributed by atoms with Gasteiger partial charge in [0.1, 0.15) is 11.2 Å². The number of hydrogen-bond acceptors (Lipinski definition) is 1. The van der Waals surface area contributed by atoms with Crippen LogP contribution < -0.4 is 0 Å². The Bertz CT molecular complexity index is 649. The Morgan fingerprint density at radius 3 is 0.962 bits per heavy atom.